The number of anilines is 1. The Morgan fingerprint density at radius 1 is 1.24 bits per heavy atom. The van der Waals surface area contributed by atoms with Crippen molar-refractivity contribution in [2.24, 2.45) is 0 Å². The summed E-state index contributed by atoms with van der Waals surface area (Å²) < 4.78 is 27.3. The third-order valence-corrected chi connectivity index (χ3v) is 5.79. The lowest BCUT2D eigenvalue weighted by molar-refractivity contribution is -0.129. The van der Waals surface area contributed by atoms with E-state index in [1.54, 1.807) is 21.9 Å². The first-order valence-electron chi connectivity index (χ1n) is 8.48. The molecule has 0 aliphatic carbocycles. The van der Waals surface area contributed by atoms with Crippen molar-refractivity contribution in [2.75, 3.05) is 31.1 Å². The molecule has 7 nitrogen and oxygen atoms in total. The van der Waals surface area contributed by atoms with Gasteiger partial charge < -0.3 is 9.80 Å². The number of likely N-dealkylation sites (N-methyl/N-ethyl adjacent to an activating group) is 1. The third kappa shape index (κ3) is 4.38. The largest absolute Gasteiger partial charge is 0.342 e. The molecule has 25 heavy (non-hydrogen) atoms. The number of hydrogen-bond acceptors (Lipinski definition) is 4. The fraction of sp³-hybridized carbons (Fsp3) is 0.529. The summed E-state index contributed by atoms with van der Waals surface area (Å²) >= 11 is 0. The van der Waals surface area contributed by atoms with Gasteiger partial charge in [0.2, 0.25) is 21.8 Å². The predicted molar refractivity (Wildman–Crippen MR) is 95.9 cm³/mol. The molecule has 2 rings (SSSR count). The molecule has 1 aliphatic heterocycles. The Kier molecular flexibility index (Phi) is 6.18. The maximum atomic E-state index is 12.5. The Balaban J connectivity index is 2.18. The Hall–Kier alpha value is -1.93. The van der Waals surface area contributed by atoms with Crippen LogP contribution < -0.4 is 9.62 Å². The average Bonchev–Trinajstić information content (AvgIpc) is 2.60. The predicted octanol–water partition coefficient (Wildman–Crippen LogP) is 1.13. The van der Waals surface area contributed by atoms with Crippen LogP contribution >= 0.6 is 0 Å². The number of nitrogens with one attached hydrogen (secondary N) is 1. The molecule has 2 amide bonds. The maximum absolute atomic E-state index is 12.5. The van der Waals surface area contributed by atoms with Crippen LogP contribution in [-0.4, -0.2) is 51.3 Å². The van der Waals surface area contributed by atoms with Crippen LogP contribution in [0.2, 0.25) is 0 Å². The molecule has 0 saturated heterocycles. The minimum atomic E-state index is -3.78. The smallest absolute Gasteiger partial charge is 0.241 e. The van der Waals surface area contributed by atoms with E-state index < -0.39 is 10.0 Å². The highest BCUT2D eigenvalue weighted by Crippen LogP contribution is 2.29. The van der Waals surface area contributed by atoms with E-state index in [1.807, 2.05) is 13.8 Å². The van der Waals surface area contributed by atoms with Crippen molar-refractivity contribution in [3.8, 4) is 0 Å². The van der Waals surface area contributed by atoms with Crippen LogP contribution in [0.25, 0.3) is 0 Å². The molecule has 1 N–H and O–H groups in total. The monoisotopic (exact) mass is 367 g/mol. The van der Waals surface area contributed by atoms with Gasteiger partial charge >= 0.3 is 0 Å². The van der Waals surface area contributed by atoms with Gasteiger partial charge in [0, 0.05) is 32.2 Å². The fourth-order valence-corrected chi connectivity index (χ4v) is 4.02. The number of fused-ring (bicyclic) bond motifs is 1. The van der Waals surface area contributed by atoms with E-state index in [2.05, 4.69) is 4.72 Å². The number of nitrogens with zero attached hydrogens (tertiary/aromatic N) is 2. The first kappa shape index (κ1) is 19.4. The average molecular weight is 367 g/mol. The van der Waals surface area contributed by atoms with Crippen LogP contribution in [-0.2, 0) is 26.0 Å². The van der Waals surface area contributed by atoms with E-state index in [1.165, 1.54) is 13.0 Å². The zero-order valence-electron chi connectivity index (χ0n) is 14.9. The highest BCUT2D eigenvalue weighted by atomic mass is 32.2. The van der Waals surface area contributed by atoms with Crippen LogP contribution in [0.15, 0.2) is 23.1 Å². The molecule has 0 saturated carbocycles. The zero-order chi connectivity index (χ0) is 18.6. The summed E-state index contributed by atoms with van der Waals surface area (Å²) in [5.74, 6) is -0.311. The molecular weight excluding hydrogens is 342 g/mol. The summed E-state index contributed by atoms with van der Waals surface area (Å²) in [6, 6.07) is 4.73. The molecule has 138 valence electrons. The van der Waals surface area contributed by atoms with Crippen molar-refractivity contribution in [2.45, 2.75) is 38.5 Å². The summed E-state index contributed by atoms with van der Waals surface area (Å²) in [6.45, 7) is 6.65. The Morgan fingerprint density at radius 3 is 2.52 bits per heavy atom. The van der Waals surface area contributed by atoms with Crippen LogP contribution in [0.4, 0.5) is 5.69 Å². The molecule has 0 unspecified atom stereocenters. The van der Waals surface area contributed by atoms with E-state index in [0.29, 0.717) is 19.6 Å². The van der Waals surface area contributed by atoms with Crippen LogP contribution in [0.1, 0.15) is 32.8 Å². The van der Waals surface area contributed by atoms with Crippen LogP contribution in [0.3, 0.4) is 0 Å². The number of aryl methyl sites for hydroxylation is 1. The van der Waals surface area contributed by atoms with Crippen molar-refractivity contribution >= 4 is 27.5 Å². The van der Waals surface area contributed by atoms with Crippen molar-refractivity contribution in [1.29, 1.82) is 0 Å². The van der Waals surface area contributed by atoms with Crippen molar-refractivity contribution in [3.05, 3.63) is 23.8 Å². The lowest BCUT2D eigenvalue weighted by Crippen LogP contribution is -2.40. The first-order valence-corrected chi connectivity index (χ1v) is 9.97. The Bertz CT molecular complexity index is 757. The number of rotatable bonds is 6. The topological polar surface area (TPSA) is 86.8 Å². The molecule has 1 aromatic carbocycles. The van der Waals surface area contributed by atoms with Gasteiger partial charge in [-0.3, -0.25) is 9.59 Å². The standard InChI is InChI=1S/C17H25N3O4S/c1-4-19(5-2)17(22)12-18-25(23,24)15-8-9-16-14(11-15)7-6-10-20(16)13(3)21/h8-9,11,18H,4-7,10,12H2,1-3H3. The molecule has 1 aromatic rings. The van der Waals surface area contributed by atoms with Crippen molar-refractivity contribution < 1.29 is 18.0 Å². The first-order chi connectivity index (χ1) is 11.8. The van der Waals surface area contributed by atoms with E-state index in [4.69, 9.17) is 0 Å². The Morgan fingerprint density at radius 2 is 1.92 bits per heavy atom. The molecule has 0 aromatic heterocycles. The van der Waals surface area contributed by atoms with Gasteiger partial charge in [-0.15, -0.1) is 0 Å². The second-order valence-corrected chi connectivity index (χ2v) is 7.72. The van der Waals surface area contributed by atoms with Gasteiger partial charge in [0.1, 0.15) is 0 Å². The van der Waals surface area contributed by atoms with Crippen LogP contribution in [0, 0.1) is 0 Å². The molecule has 0 fully saturated rings. The number of carbonyl (C=O) groups is 2. The van der Waals surface area contributed by atoms with Crippen molar-refractivity contribution in [1.82, 2.24) is 9.62 Å². The lowest BCUT2D eigenvalue weighted by atomic mass is 10.0. The highest BCUT2D eigenvalue weighted by Gasteiger charge is 2.23. The lowest BCUT2D eigenvalue weighted by Gasteiger charge is -2.28. The number of amides is 2. The summed E-state index contributed by atoms with van der Waals surface area (Å²) in [7, 11) is -3.78. The fourth-order valence-electron chi connectivity index (χ4n) is 3.00. The SMILES string of the molecule is CCN(CC)C(=O)CNS(=O)(=O)c1ccc2c(c1)CCCN2C(C)=O. The molecular formula is C17H25N3O4S. The Labute approximate surface area is 149 Å². The maximum Gasteiger partial charge on any atom is 0.241 e. The minimum Gasteiger partial charge on any atom is -0.342 e. The summed E-state index contributed by atoms with van der Waals surface area (Å²) in [4.78, 5) is 27.0. The van der Waals surface area contributed by atoms with E-state index >= 15 is 0 Å². The minimum absolute atomic E-state index is 0.0560. The molecule has 1 heterocycles. The van der Waals surface area contributed by atoms with Crippen LogP contribution in [0.5, 0.6) is 0 Å². The molecule has 8 heteroatoms. The van der Waals surface area contributed by atoms with Gasteiger partial charge in [0.25, 0.3) is 0 Å². The second-order valence-electron chi connectivity index (χ2n) is 5.96. The number of hydrogen-bond donors (Lipinski definition) is 1. The summed E-state index contributed by atoms with van der Waals surface area (Å²) in [5, 5.41) is 0. The highest BCUT2D eigenvalue weighted by molar-refractivity contribution is 7.89. The van der Waals surface area contributed by atoms with Gasteiger partial charge in [-0.05, 0) is 50.5 Å². The molecule has 1 aliphatic rings. The molecule has 0 atom stereocenters. The zero-order valence-corrected chi connectivity index (χ0v) is 15.7. The van der Waals surface area contributed by atoms with Gasteiger partial charge in [0.15, 0.2) is 0 Å². The summed E-state index contributed by atoms with van der Waals surface area (Å²) in [5.41, 5.74) is 1.59. The van der Waals surface area contributed by atoms with Crippen molar-refractivity contribution in [3.63, 3.8) is 0 Å². The second kappa shape index (κ2) is 7.97. The number of sulfonamides is 1. The van der Waals surface area contributed by atoms with Gasteiger partial charge in [-0.2, -0.15) is 0 Å². The quantitative estimate of drug-likeness (QED) is 0.817. The van der Waals surface area contributed by atoms with Gasteiger partial charge in [0.05, 0.1) is 11.4 Å². The summed E-state index contributed by atoms with van der Waals surface area (Å²) in [6.07, 6.45) is 1.52. The van der Waals surface area contributed by atoms with Gasteiger partial charge in [-0.25, -0.2) is 13.1 Å². The normalized spacial score (nSPS) is 14.1. The van der Waals surface area contributed by atoms with Gasteiger partial charge in [-0.1, -0.05) is 0 Å². The molecule has 0 radical (unpaired) electrons. The van der Waals surface area contributed by atoms with E-state index in [9.17, 15) is 18.0 Å². The molecule has 0 spiro atoms. The number of benzene rings is 1. The van der Waals surface area contributed by atoms with E-state index in [-0.39, 0.29) is 23.3 Å². The van der Waals surface area contributed by atoms with E-state index in [0.717, 1.165) is 24.1 Å². The number of carbonyl (C=O) groups excluding carboxylic acids is 2. The molecule has 0 bridgehead atoms. The third-order valence-electron chi connectivity index (χ3n) is 4.39.